The number of hydrogen-bond acceptors (Lipinski definition) is 5. The SMILES string of the molecule is Oc1ccc([C@@H]2C(/C=C/C=C/CC3(c4ccc(F)cc4)OCCO3)C(O)N2c2ccc(F)cc2)cc1. The lowest BCUT2D eigenvalue weighted by molar-refractivity contribution is -0.162. The molecule has 7 heteroatoms. The molecule has 2 aliphatic rings. The highest BCUT2D eigenvalue weighted by atomic mass is 19.1. The van der Waals surface area contributed by atoms with Crippen molar-refractivity contribution in [1.82, 2.24) is 0 Å². The van der Waals surface area contributed by atoms with E-state index < -0.39 is 12.0 Å². The number of benzene rings is 3. The van der Waals surface area contributed by atoms with E-state index in [0.29, 0.717) is 25.3 Å². The van der Waals surface area contributed by atoms with Crippen molar-refractivity contribution in [2.24, 2.45) is 5.92 Å². The van der Waals surface area contributed by atoms with Crippen molar-refractivity contribution < 1.29 is 28.5 Å². The molecule has 3 atom stereocenters. The predicted molar refractivity (Wildman–Crippen MR) is 132 cm³/mol. The minimum atomic E-state index is -0.942. The van der Waals surface area contributed by atoms with Gasteiger partial charge in [0.2, 0.25) is 0 Å². The average Bonchev–Trinajstić information content (AvgIpc) is 3.36. The molecule has 0 radical (unpaired) electrons. The Hall–Kier alpha value is -3.52. The van der Waals surface area contributed by atoms with Gasteiger partial charge < -0.3 is 24.6 Å². The second kappa shape index (κ2) is 10.2. The molecule has 0 aliphatic carbocycles. The summed E-state index contributed by atoms with van der Waals surface area (Å²) < 4.78 is 38.6. The molecule has 0 bridgehead atoms. The maximum Gasteiger partial charge on any atom is 0.198 e. The van der Waals surface area contributed by atoms with Gasteiger partial charge in [-0.3, -0.25) is 0 Å². The van der Waals surface area contributed by atoms with E-state index in [0.717, 1.165) is 11.1 Å². The number of rotatable bonds is 7. The first kappa shape index (κ1) is 24.2. The lowest BCUT2D eigenvalue weighted by Gasteiger charge is -2.53. The van der Waals surface area contributed by atoms with Crippen molar-refractivity contribution >= 4 is 5.69 Å². The van der Waals surface area contributed by atoms with Gasteiger partial charge >= 0.3 is 0 Å². The molecule has 0 spiro atoms. The summed E-state index contributed by atoms with van der Waals surface area (Å²) in [5, 5.41) is 20.7. The first-order valence-electron chi connectivity index (χ1n) is 11.8. The number of phenols is 1. The lowest BCUT2D eigenvalue weighted by atomic mass is 9.80. The maximum atomic E-state index is 13.5. The van der Waals surface area contributed by atoms with Gasteiger partial charge in [-0.15, -0.1) is 0 Å². The average molecular weight is 492 g/mol. The minimum absolute atomic E-state index is 0.161. The van der Waals surface area contributed by atoms with E-state index in [4.69, 9.17) is 9.47 Å². The van der Waals surface area contributed by atoms with E-state index in [1.807, 2.05) is 41.3 Å². The Morgan fingerprint density at radius 3 is 2.11 bits per heavy atom. The second-order valence-corrected chi connectivity index (χ2v) is 8.88. The molecule has 5 rings (SSSR count). The Balaban J connectivity index is 1.32. The predicted octanol–water partition coefficient (Wildman–Crippen LogP) is 5.57. The van der Waals surface area contributed by atoms with Gasteiger partial charge in [0, 0.05) is 23.6 Å². The van der Waals surface area contributed by atoms with Crippen LogP contribution in [0.15, 0.2) is 97.1 Å². The summed E-state index contributed by atoms with van der Waals surface area (Å²) in [6.07, 6.45) is 7.24. The molecule has 2 saturated heterocycles. The number of aliphatic hydroxyl groups is 1. The largest absolute Gasteiger partial charge is 0.508 e. The number of aromatic hydroxyl groups is 1. The summed E-state index contributed by atoms with van der Waals surface area (Å²) in [4.78, 5) is 1.83. The topological polar surface area (TPSA) is 62.2 Å². The summed E-state index contributed by atoms with van der Waals surface area (Å²) in [6, 6.07) is 18.8. The zero-order chi connectivity index (χ0) is 25.1. The van der Waals surface area contributed by atoms with Gasteiger partial charge in [0.15, 0.2) is 5.79 Å². The van der Waals surface area contributed by atoms with Gasteiger partial charge in [-0.25, -0.2) is 8.78 Å². The Kier molecular flexibility index (Phi) is 6.87. The molecular formula is C29H27F2NO4. The fourth-order valence-electron chi connectivity index (χ4n) is 4.84. The molecule has 0 saturated carbocycles. The van der Waals surface area contributed by atoms with Crippen LogP contribution in [-0.4, -0.2) is 29.7 Å². The fourth-order valence-corrected chi connectivity index (χ4v) is 4.84. The third-order valence-corrected chi connectivity index (χ3v) is 6.66. The number of allylic oxidation sites excluding steroid dienone is 2. The number of anilines is 1. The molecular weight excluding hydrogens is 464 g/mol. The van der Waals surface area contributed by atoms with Gasteiger partial charge in [0.1, 0.15) is 23.6 Å². The van der Waals surface area contributed by atoms with Crippen LogP contribution in [0.4, 0.5) is 14.5 Å². The Labute approximate surface area is 208 Å². The highest BCUT2D eigenvalue weighted by Gasteiger charge is 2.47. The first-order chi connectivity index (χ1) is 17.5. The second-order valence-electron chi connectivity index (χ2n) is 8.88. The third-order valence-electron chi connectivity index (χ3n) is 6.66. The Morgan fingerprint density at radius 1 is 0.861 bits per heavy atom. The van der Waals surface area contributed by atoms with Crippen LogP contribution >= 0.6 is 0 Å². The molecule has 2 aliphatic heterocycles. The van der Waals surface area contributed by atoms with Gasteiger partial charge in [-0.1, -0.05) is 48.6 Å². The van der Waals surface area contributed by atoms with E-state index in [1.165, 1.54) is 24.3 Å². The minimum Gasteiger partial charge on any atom is -0.508 e. The molecule has 186 valence electrons. The van der Waals surface area contributed by atoms with Crippen LogP contribution in [0.3, 0.4) is 0 Å². The van der Waals surface area contributed by atoms with E-state index in [-0.39, 0.29) is 29.3 Å². The van der Waals surface area contributed by atoms with Crippen molar-refractivity contribution in [3.8, 4) is 5.75 Å². The van der Waals surface area contributed by atoms with Crippen LogP contribution in [0.1, 0.15) is 23.6 Å². The lowest BCUT2D eigenvalue weighted by Crippen LogP contribution is -2.58. The van der Waals surface area contributed by atoms with Crippen molar-refractivity contribution in [2.45, 2.75) is 24.5 Å². The number of hydrogen-bond donors (Lipinski definition) is 2. The zero-order valence-electron chi connectivity index (χ0n) is 19.5. The van der Waals surface area contributed by atoms with Gasteiger partial charge in [-0.2, -0.15) is 0 Å². The van der Waals surface area contributed by atoms with Crippen molar-refractivity contribution in [3.63, 3.8) is 0 Å². The van der Waals surface area contributed by atoms with Crippen LogP contribution in [0, 0.1) is 17.6 Å². The zero-order valence-corrected chi connectivity index (χ0v) is 19.5. The van der Waals surface area contributed by atoms with Gasteiger partial charge in [0.25, 0.3) is 0 Å². The highest BCUT2D eigenvalue weighted by Crippen LogP contribution is 2.47. The fraction of sp³-hybridized carbons (Fsp3) is 0.241. The molecule has 3 aromatic carbocycles. The summed E-state index contributed by atoms with van der Waals surface area (Å²) in [7, 11) is 0. The van der Waals surface area contributed by atoms with Crippen LogP contribution in [-0.2, 0) is 15.3 Å². The normalized spacial score (nSPS) is 23.4. The molecule has 2 fully saturated rings. The molecule has 3 aromatic rings. The molecule has 0 aromatic heterocycles. The maximum absolute atomic E-state index is 13.5. The van der Waals surface area contributed by atoms with Crippen molar-refractivity contribution in [3.05, 3.63) is 120 Å². The highest BCUT2D eigenvalue weighted by molar-refractivity contribution is 5.55. The molecule has 2 heterocycles. The number of nitrogens with zero attached hydrogens (tertiary/aromatic N) is 1. The molecule has 5 nitrogen and oxygen atoms in total. The monoisotopic (exact) mass is 491 g/mol. The van der Waals surface area contributed by atoms with Crippen LogP contribution in [0.5, 0.6) is 5.75 Å². The molecule has 2 unspecified atom stereocenters. The van der Waals surface area contributed by atoms with Crippen LogP contribution in [0.25, 0.3) is 0 Å². The summed E-state index contributed by atoms with van der Waals surface area (Å²) in [5.41, 5.74) is 2.38. The molecule has 0 amide bonds. The molecule has 36 heavy (non-hydrogen) atoms. The Bertz CT molecular complexity index is 1220. The van der Waals surface area contributed by atoms with E-state index in [9.17, 15) is 19.0 Å². The summed E-state index contributed by atoms with van der Waals surface area (Å²) >= 11 is 0. The van der Waals surface area contributed by atoms with E-state index >= 15 is 0 Å². The number of halogens is 2. The van der Waals surface area contributed by atoms with Crippen LogP contribution in [0.2, 0.25) is 0 Å². The number of aliphatic hydroxyl groups excluding tert-OH is 1. The Morgan fingerprint density at radius 2 is 1.47 bits per heavy atom. The number of phenolic OH excluding ortho intramolecular Hbond substituents is 1. The van der Waals surface area contributed by atoms with Gasteiger partial charge in [0.05, 0.1) is 19.3 Å². The van der Waals surface area contributed by atoms with E-state index in [2.05, 4.69) is 0 Å². The standard InChI is InChI=1S/C29H27F2NO4/c30-22-9-7-21(8-10-22)29(35-18-19-36-29)17-3-1-2-4-26-27(20-5-15-25(33)16-6-20)32(28(26)34)24-13-11-23(31)12-14-24/h1-16,26-28,33-34H,17-19H2/b3-1+,4-2+/t26?,27-,28?/m1/s1. The molecule has 2 N–H and O–H groups in total. The van der Waals surface area contributed by atoms with Crippen molar-refractivity contribution in [1.29, 1.82) is 0 Å². The quantitative estimate of drug-likeness (QED) is 0.423. The number of ether oxygens (including phenoxy) is 2. The summed E-state index contributed by atoms with van der Waals surface area (Å²) in [5.74, 6) is -1.67. The smallest absolute Gasteiger partial charge is 0.198 e. The van der Waals surface area contributed by atoms with E-state index in [1.54, 1.807) is 36.4 Å². The van der Waals surface area contributed by atoms with Crippen molar-refractivity contribution in [2.75, 3.05) is 18.1 Å². The first-order valence-corrected chi connectivity index (χ1v) is 11.8. The third kappa shape index (κ3) is 4.78. The van der Waals surface area contributed by atoms with Gasteiger partial charge in [-0.05, 0) is 54.1 Å². The summed E-state index contributed by atoms with van der Waals surface area (Å²) in [6.45, 7) is 0.922. The van der Waals surface area contributed by atoms with Crippen LogP contribution < -0.4 is 4.90 Å².